The number of aromatic amines is 1. The molecule has 1 unspecified atom stereocenters. The van der Waals surface area contributed by atoms with Crippen molar-refractivity contribution < 1.29 is 8.42 Å². The average molecular weight is 262 g/mol. The molecule has 0 aliphatic carbocycles. The minimum absolute atomic E-state index is 0.0739. The van der Waals surface area contributed by atoms with Gasteiger partial charge in [-0.2, -0.15) is 5.10 Å². The van der Waals surface area contributed by atoms with Gasteiger partial charge in [0.2, 0.25) is 10.0 Å². The molecule has 4 N–H and O–H groups in total. The first-order chi connectivity index (χ1) is 7.47. The first-order valence-corrected chi connectivity index (χ1v) is 6.67. The Morgan fingerprint density at radius 1 is 1.75 bits per heavy atom. The predicted molar refractivity (Wildman–Crippen MR) is 64.4 cm³/mol. The van der Waals surface area contributed by atoms with Gasteiger partial charge in [0.25, 0.3) is 0 Å². The van der Waals surface area contributed by atoms with Gasteiger partial charge in [0.1, 0.15) is 4.90 Å². The second-order valence-corrected chi connectivity index (χ2v) is 5.48. The van der Waals surface area contributed by atoms with Crippen LogP contribution in [0.5, 0.6) is 0 Å². The van der Waals surface area contributed by atoms with Crippen LogP contribution in [-0.4, -0.2) is 29.6 Å². The lowest BCUT2D eigenvalue weighted by molar-refractivity contribution is 0.567. The van der Waals surface area contributed by atoms with Crippen LogP contribution in [0.25, 0.3) is 0 Å². The molecular formula is C8H14N4O2S2. The summed E-state index contributed by atoms with van der Waals surface area (Å²) in [6.45, 7) is 1.93. The van der Waals surface area contributed by atoms with Gasteiger partial charge in [-0.1, -0.05) is 25.6 Å². The van der Waals surface area contributed by atoms with Crippen molar-refractivity contribution in [3.63, 3.8) is 0 Å². The molecule has 1 rings (SSSR count). The Morgan fingerprint density at radius 3 is 2.88 bits per heavy atom. The van der Waals surface area contributed by atoms with Crippen molar-refractivity contribution in [1.29, 1.82) is 0 Å². The molecule has 0 fully saturated rings. The molecule has 1 heterocycles. The van der Waals surface area contributed by atoms with Crippen LogP contribution in [0.3, 0.4) is 0 Å². The third-order valence-electron chi connectivity index (χ3n) is 2.00. The quantitative estimate of drug-likeness (QED) is 0.633. The van der Waals surface area contributed by atoms with Crippen molar-refractivity contribution in [3.05, 3.63) is 12.4 Å². The van der Waals surface area contributed by atoms with Crippen molar-refractivity contribution in [3.8, 4) is 0 Å². The molecular weight excluding hydrogens is 248 g/mol. The molecule has 1 atom stereocenters. The Balaban J connectivity index is 2.82. The Labute approximate surface area is 99.7 Å². The molecule has 90 valence electrons. The highest BCUT2D eigenvalue weighted by Crippen LogP contribution is 2.08. The largest absolute Gasteiger partial charge is 0.392 e. The number of thiocarbonyl (C=S) groups is 1. The number of hydrogen-bond acceptors (Lipinski definition) is 4. The van der Waals surface area contributed by atoms with E-state index in [9.17, 15) is 8.42 Å². The molecule has 0 aliphatic heterocycles. The number of H-pyrrole nitrogens is 1. The smallest absolute Gasteiger partial charge is 0.244 e. The van der Waals surface area contributed by atoms with E-state index in [4.69, 9.17) is 18.0 Å². The van der Waals surface area contributed by atoms with Crippen molar-refractivity contribution in [2.45, 2.75) is 30.7 Å². The summed E-state index contributed by atoms with van der Waals surface area (Å²) in [5.41, 5.74) is 5.46. The molecule has 0 saturated carbocycles. The zero-order valence-electron chi connectivity index (χ0n) is 8.80. The van der Waals surface area contributed by atoms with Gasteiger partial charge in [-0.25, -0.2) is 13.1 Å². The number of nitrogens with two attached hydrogens (primary N) is 1. The third-order valence-corrected chi connectivity index (χ3v) is 3.72. The number of nitrogens with zero attached hydrogens (tertiary/aromatic N) is 1. The molecule has 1 aromatic heterocycles. The molecule has 1 aromatic rings. The molecule has 0 aromatic carbocycles. The molecule has 0 saturated heterocycles. The lowest BCUT2D eigenvalue weighted by atomic mass is 10.2. The fourth-order valence-electron chi connectivity index (χ4n) is 1.19. The summed E-state index contributed by atoms with van der Waals surface area (Å²) in [5, 5.41) is 6.02. The lowest BCUT2D eigenvalue weighted by Gasteiger charge is -2.15. The number of hydrogen-bond donors (Lipinski definition) is 3. The van der Waals surface area contributed by atoms with E-state index in [0.29, 0.717) is 6.42 Å². The van der Waals surface area contributed by atoms with Crippen LogP contribution in [-0.2, 0) is 10.0 Å². The second kappa shape index (κ2) is 5.37. The number of nitrogens with one attached hydrogen (secondary N) is 2. The van der Waals surface area contributed by atoms with Gasteiger partial charge in [-0.3, -0.25) is 5.10 Å². The normalized spacial score (nSPS) is 13.6. The fraction of sp³-hybridized carbons (Fsp3) is 0.500. The van der Waals surface area contributed by atoms with E-state index in [1.165, 1.54) is 12.4 Å². The summed E-state index contributed by atoms with van der Waals surface area (Å²) in [6.07, 6.45) is 3.89. The van der Waals surface area contributed by atoms with Crippen LogP contribution in [0.2, 0.25) is 0 Å². The van der Waals surface area contributed by atoms with E-state index < -0.39 is 16.1 Å². The van der Waals surface area contributed by atoms with Gasteiger partial charge in [0.05, 0.1) is 17.2 Å². The molecule has 0 aliphatic rings. The Morgan fingerprint density at radius 2 is 2.44 bits per heavy atom. The van der Waals surface area contributed by atoms with E-state index in [-0.39, 0.29) is 9.88 Å². The van der Waals surface area contributed by atoms with Gasteiger partial charge in [0.15, 0.2) is 0 Å². The minimum atomic E-state index is -3.59. The van der Waals surface area contributed by atoms with Crippen LogP contribution in [0.4, 0.5) is 0 Å². The summed E-state index contributed by atoms with van der Waals surface area (Å²) in [6, 6.07) is -0.514. The van der Waals surface area contributed by atoms with Crippen molar-refractivity contribution in [2.24, 2.45) is 5.73 Å². The van der Waals surface area contributed by atoms with E-state index in [1.807, 2.05) is 6.92 Å². The summed E-state index contributed by atoms with van der Waals surface area (Å²) < 4.78 is 26.0. The minimum Gasteiger partial charge on any atom is -0.392 e. The second-order valence-electron chi connectivity index (χ2n) is 3.30. The molecule has 16 heavy (non-hydrogen) atoms. The topological polar surface area (TPSA) is 101 Å². The Hall–Kier alpha value is -0.990. The van der Waals surface area contributed by atoms with E-state index >= 15 is 0 Å². The van der Waals surface area contributed by atoms with Crippen LogP contribution in [0.15, 0.2) is 17.3 Å². The van der Waals surface area contributed by atoms with Gasteiger partial charge in [0, 0.05) is 6.20 Å². The summed E-state index contributed by atoms with van der Waals surface area (Å²) in [4.78, 5) is 0.221. The van der Waals surface area contributed by atoms with Crippen LogP contribution < -0.4 is 10.5 Å². The lowest BCUT2D eigenvalue weighted by Crippen LogP contribution is -2.43. The Bertz CT molecular complexity index is 441. The summed E-state index contributed by atoms with van der Waals surface area (Å²) in [7, 11) is -3.59. The van der Waals surface area contributed by atoms with Crippen molar-refractivity contribution in [1.82, 2.24) is 14.9 Å². The zero-order chi connectivity index (χ0) is 12.2. The van der Waals surface area contributed by atoms with E-state index in [1.54, 1.807) is 0 Å². The van der Waals surface area contributed by atoms with Crippen LogP contribution in [0.1, 0.15) is 19.8 Å². The number of aromatic nitrogens is 2. The zero-order valence-corrected chi connectivity index (χ0v) is 10.4. The molecule has 0 spiro atoms. The van der Waals surface area contributed by atoms with Gasteiger partial charge < -0.3 is 5.73 Å². The van der Waals surface area contributed by atoms with Crippen LogP contribution in [0, 0.1) is 0 Å². The standard InChI is InChI=1S/C8H14N4O2S2/c1-2-3-7(8(9)15)12-16(13,14)6-4-10-11-5-6/h4-5,7,12H,2-3H2,1H3,(H2,9,15)(H,10,11). The highest BCUT2D eigenvalue weighted by Gasteiger charge is 2.21. The van der Waals surface area contributed by atoms with Crippen LogP contribution >= 0.6 is 12.2 Å². The maximum absolute atomic E-state index is 11.8. The highest BCUT2D eigenvalue weighted by atomic mass is 32.2. The Kier molecular flexibility index (Phi) is 4.39. The highest BCUT2D eigenvalue weighted by molar-refractivity contribution is 7.89. The third kappa shape index (κ3) is 3.26. The van der Waals surface area contributed by atoms with Crippen molar-refractivity contribution in [2.75, 3.05) is 0 Å². The monoisotopic (exact) mass is 262 g/mol. The molecule has 0 amide bonds. The maximum atomic E-state index is 11.8. The fourth-order valence-corrected chi connectivity index (χ4v) is 2.60. The summed E-state index contributed by atoms with van der Waals surface area (Å²) >= 11 is 4.81. The van der Waals surface area contributed by atoms with E-state index in [2.05, 4.69) is 14.9 Å². The molecule has 0 radical (unpaired) electrons. The average Bonchev–Trinajstić information content (AvgIpc) is 2.69. The van der Waals surface area contributed by atoms with Crippen molar-refractivity contribution >= 4 is 27.2 Å². The number of rotatable bonds is 6. The predicted octanol–water partition coefficient (Wildman–Crippen LogP) is 0.143. The van der Waals surface area contributed by atoms with Gasteiger partial charge in [-0.05, 0) is 6.42 Å². The number of sulfonamides is 1. The molecule has 6 nitrogen and oxygen atoms in total. The van der Waals surface area contributed by atoms with Gasteiger partial charge >= 0.3 is 0 Å². The maximum Gasteiger partial charge on any atom is 0.244 e. The SMILES string of the molecule is CCCC(NS(=O)(=O)c1cn[nH]c1)C(N)=S. The first-order valence-electron chi connectivity index (χ1n) is 4.77. The molecule has 0 bridgehead atoms. The summed E-state index contributed by atoms with van der Waals surface area (Å²) in [5.74, 6) is 0. The molecule has 8 heteroatoms. The van der Waals surface area contributed by atoms with Gasteiger partial charge in [-0.15, -0.1) is 0 Å². The first kappa shape index (κ1) is 13.1. The van der Waals surface area contributed by atoms with E-state index in [0.717, 1.165) is 6.42 Å².